The summed E-state index contributed by atoms with van der Waals surface area (Å²) in [6, 6.07) is 8.14. The number of benzene rings is 1. The van der Waals surface area contributed by atoms with E-state index < -0.39 is 0 Å². The Kier molecular flexibility index (Phi) is 3.67. The van der Waals surface area contributed by atoms with Crippen LogP contribution in [0, 0.1) is 0 Å². The van der Waals surface area contributed by atoms with Crippen molar-refractivity contribution < 1.29 is 4.74 Å². The standard InChI is InChI=1S/C13H20N2O/c1-14-11-5-7-12(8-6-11)16-13-4-3-9-15(2)10-13/h5-8,13-14H,3-4,9-10H2,1-2H3. The summed E-state index contributed by atoms with van der Waals surface area (Å²) in [6.07, 6.45) is 2.74. The van der Waals surface area contributed by atoms with Crippen molar-refractivity contribution in [2.45, 2.75) is 18.9 Å². The number of likely N-dealkylation sites (tertiary alicyclic amines) is 1. The molecule has 0 aliphatic carbocycles. The first-order valence-corrected chi connectivity index (χ1v) is 5.91. The lowest BCUT2D eigenvalue weighted by Crippen LogP contribution is -2.38. The molecule has 0 radical (unpaired) electrons. The zero-order valence-electron chi connectivity index (χ0n) is 10.1. The molecule has 0 bridgehead atoms. The SMILES string of the molecule is CNc1ccc(OC2CCCN(C)C2)cc1. The number of nitrogens with one attached hydrogen (secondary N) is 1. The van der Waals surface area contributed by atoms with Gasteiger partial charge in [-0.2, -0.15) is 0 Å². The average Bonchev–Trinajstić information content (AvgIpc) is 2.30. The fourth-order valence-electron chi connectivity index (χ4n) is 2.11. The van der Waals surface area contributed by atoms with Gasteiger partial charge in [0.05, 0.1) is 0 Å². The molecule has 1 aliphatic rings. The fraction of sp³-hybridized carbons (Fsp3) is 0.538. The molecule has 1 aliphatic heterocycles. The molecule has 1 fully saturated rings. The molecule has 1 unspecified atom stereocenters. The molecule has 3 heteroatoms. The van der Waals surface area contributed by atoms with Crippen molar-refractivity contribution in [2.75, 3.05) is 32.5 Å². The van der Waals surface area contributed by atoms with Crippen molar-refractivity contribution in [1.82, 2.24) is 4.90 Å². The maximum Gasteiger partial charge on any atom is 0.119 e. The lowest BCUT2D eigenvalue weighted by atomic mass is 10.1. The summed E-state index contributed by atoms with van der Waals surface area (Å²) < 4.78 is 5.96. The molecule has 1 N–H and O–H groups in total. The van der Waals surface area contributed by atoms with Crippen LogP contribution < -0.4 is 10.1 Å². The Morgan fingerprint density at radius 3 is 2.69 bits per heavy atom. The van der Waals surface area contributed by atoms with Gasteiger partial charge in [-0.3, -0.25) is 0 Å². The van der Waals surface area contributed by atoms with Gasteiger partial charge >= 0.3 is 0 Å². The summed E-state index contributed by atoms with van der Waals surface area (Å²) >= 11 is 0. The molecular weight excluding hydrogens is 200 g/mol. The van der Waals surface area contributed by atoms with E-state index in [4.69, 9.17) is 4.74 Å². The summed E-state index contributed by atoms with van der Waals surface area (Å²) in [5, 5.41) is 3.10. The molecule has 2 rings (SSSR count). The number of piperidine rings is 1. The van der Waals surface area contributed by atoms with Gasteiger partial charge in [0.25, 0.3) is 0 Å². The van der Waals surface area contributed by atoms with Crippen molar-refractivity contribution in [1.29, 1.82) is 0 Å². The highest BCUT2D eigenvalue weighted by atomic mass is 16.5. The zero-order chi connectivity index (χ0) is 11.4. The monoisotopic (exact) mass is 220 g/mol. The molecule has 0 spiro atoms. The summed E-state index contributed by atoms with van der Waals surface area (Å²) in [5.41, 5.74) is 1.12. The predicted molar refractivity (Wildman–Crippen MR) is 67.1 cm³/mol. The third-order valence-corrected chi connectivity index (χ3v) is 3.03. The molecule has 0 amide bonds. The highest BCUT2D eigenvalue weighted by Gasteiger charge is 2.18. The summed E-state index contributed by atoms with van der Waals surface area (Å²) in [5.74, 6) is 0.972. The van der Waals surface area contributed by atoms with Crippen LogP contribution in [0.3, 0.4) is 0 Å². The molecule has 88 valence electrons. The quantitative estimate of drug-likeness (QED) is 0.845. The van der Waals surface area contributed by atoms with Crippen molar-refractivity contribution in [3.8, 4) is 5.75 Å². The van der Waals surface area contributed by atoms with Crippen molar-refractivity contribution in [3.63, 3.8) is 0 Å². The average molecular weight is 220 g/mol. The second-order valence-corrected chi connectivity index (χ2v) is 4.42. The number of hydrogen-bond donors (Lipinski definition) is 1. The molecule has 1 saturated heterocycles. The number of nitrogens with zero attached hydrogens (tertiary/aromatic N) is 1. The summed E-state index contributed by atoms with van der Waals surface area (Å²) in [6.45, 7) is 2.23. The van der Waals surface area contributed by atoms with Crippen LogP contribution in [0.4, 0.5) is 5.69 Å². The number of anilines is 1. The molecule has 1 aromatic carbocycles. The molecule has 16 heavy (non-hydrogen) atoms. The minimum atomic E-state index is 0.346. The van der Waals surface area contributed by atoms with Gasteiger partial charge in [-0.1, -0.05) is 0 Å². The fourth-order valence-corrected chi connectivity index (χ4v) is 2.11. The van der Waals surface area contributed by atoms with E-state index in [1.165, 1.54) is 13.0 Å². The minimum absolute atomic E-state index is 0.346. The molecule has 3 nitrogen and oxygen atoms in total. The highest BCUT2D eigenvalue weighted by Crippen LogP contribution is 2.19. The van der Waals surface area contributed by atoms with Gasteiger partial charge in [0.15, 0.2) is 0 Å². The van der Waals surface area contributed by atoms with Gasteiger partial charge < -0.3 is 15.0 Å². The van der Waals surface area contributed by atoms with Crippen LogP contribution in [0.25, 0.3) is 0 Å². The van der Waals surface area contributed by atoms with Crippen LogP contribution >= 0.6 is 0 Å². The lowest BCUT2D eigenvalue weighted by molar-refractivity contribution is 0.104. The topological polar surface area (TPSA) is 24.5 Å². The van der Waals surface area contributed by atoms with Gasteiger partial charge in [-0.25, -0.2) is 0 Å². The maximum absolute atomic E-state index is 5.96. The van der Waals surface area contributed by atoms with Crippen LogP contribution in [0.1, 0.15) is 12.8 Å². The number of rotatable bonds is 3. The minimum Gasteiger partial charge on any atom is -0.489 e. The molecule has 0 aromatic heterocycles. The molecule has 0 saturated carbocycles. The number of hydrogen-bond acceptors (Lipinski definition) is 3. The zero-order valence-corrected chi connectivity index (χ0v) is 10.1. The number of ether oxygens (including phenoxy) is 1. The Labute approximate surface area is 97.4 Å². The third-order valence-electron chi connectivity index (χ3n) is 3.03. The van der Waals surface area contributed by atoms with E-state index in [0.717, 1.165) is 24.4 Å². The Morgan fingerprint density at radius 2 is 2.06 bits per heavy atom. The Bertz CT molecular complexity index is 323. The Morgan fingerprint density at radius 1 is 1.31 bits per heavy atom. The van der Waals surface area contributed by atoms with E-state index >= 15 is 0 Å². The van der Waals surface area contributed by atoms with Gasteiger partial charge in [0, 0.05) is 19.3 Å². The summed E-state index contributed by atoms with van der Waals surface area (Å²) in [7, 11) is 4.07. The maximum atomic E-state index is 5.96. The second kappa shape index (κ2) is 5.21. The van der Waals surface area contributed by atoms with E-state index in [0.29, 0.717) is 6.10 Å². The largest absolute Gasteiger partial charge is 0.489 e. The van der Waals surface area contributed by atoms with E-state index in [9.17, 15) is 0 Å². The first-order chi connectivity index (χ1) is 7.78. The van der Waals surface area contributed by atoms with Crippen molar-refractivity contribution in [3.05, 3.63) is 24.3 Å². The van der Waals surface area contributed by atoms with Crippen LogP contribution in [0.5, 0.6) is 5.75 Å². The van der Waals surface area contributed by atoms with Crippen LogP contribution in [-0.2, 0) is 0 Å². The predicted octanol–water partition coefficient (Wildman–Crippen LogP) is 2.20. The van der Waals surface area contributed by atoms with Gasteiger partial charge in [0.2, 0.25) is 0 Å². The van der Waals surface area contributed by atoms with E-state index in [2.05, 4.69) is 17.3 Å². The van der Waals surface area contributed by atoms with Gasteiger partial charge in [0.1, 0.15) is 11.9 Å². The smallest absolute Gasteiger partial charge is 0.119 e. The van der Waals surface area contributed by atoms with Crippen LogP contribution in [0.2, 0.25) is 0 Å². The highest BCUT2D eigenvalue weighted by molar-refractivity contribution is 5.45. The van der Waals surface area contributed by atoms with Crippen molar-refractivity contribution in [2.24, 2.45) is 0 Å². The molecular formula is C13H20N2O. The van der Waals surface area contributed by atoms with E-state index in [-0.39, 0.29) is 0 Å². The lowest BCUT2D eigenvalue weighted by Gasteiger charge is -2.30. The Balaban J connectivity index is 1.92. The molecule has 1 aromatic rings. The van der Waals surface area contributed by atoms with Crippen LogP contribution in [0.15, 0.2) is 24.3 Å². The van der Waals surface area contributed by atoms with Gasteiger partial charge in [-0.15, -0.1) is 0 Å². The van der Waals surface area contributed by atoms with Gasteiger partial charge in [-0.05, 0) is 50.7 Å². The third kappa shape index (κ3) is 2.89. The number of likely N-dealkylation sites (N-methyl/N-ethyl adjacent to an activating group) is 1. The van der Waals surface area contributed by atoms with E-state index in [1.54, 1.807) is 0 Å². The Hall–Kier alpha value is -1.22. The molecule has 1 heterocycles. The normalized spacial score (nSPS) is 21.8. The van der Waals surface area contributed by atoms with Crippen LogP contribution in [-0.4, -0.2) is 38.2 Å². The van der Waals surface area contributed by atoms with E-state index in [1.807, 2.05) is 31.3 Å². The molecule has 1 atom stereocenters. The first kappa shape index (κ1) is 11.3. The second-order valence-electron chi connectivity index (χ2n) is 4.42. The van der Waals surface area contributed by atoms with Crippen molar-refractivity contribution >= 4 is 5.69 Å². The first-order valence-electron chi connectivity index (χ1n) is 5.91. The summed E-state index contributed by atoms with van der Waals surface area (Å²) in [4.78, 5) is 2.33.